The lowest BCUT2D eigenvalue weighted by Crippen LogP contribution is -2.10. The standard InChI is InChI=1S/C20H20F2N4O/c1-13-11-19(25-17-8-7-15(21)12-16(17)22)26-20(24-13)23-10-9-14-5-3-4-6-18(14)27-2/h3-8,11-12H,9-10H2,1-2H3,(H2,23,24,25,26). The molecule has 5 nitrogen and oxygen atoms in total. The van der Waals surface area contributed by atoms with E-state index in [1.807, 2.05) is 31.2 Å². The van der Waals surface area contributed by atoms with Gasteiger partial charge < -0.3 is 15.4 Å². The second-order valence-corrected chi connectivity index (χ2v) is 5.96. The minimum Gasteiger partial charge on any atom is -0.496 e. The van der Waals surface area contributed by atoms with Crippen molar-refractivity contribution in [3.05, 3.63) is 71.4 Å². The number of nitrogens with one attached hydrogen (secondary N) is 2. The summed E-state index contributed by atoms with van der Waals surface area (Å²) in [5.41, 5.74) is 1.94. The molecule has 1 heterocycles. The molecule has 0 spiro atoms. The fraction of sp³-hybridized carbons (Fsp3) is 0.200. The molecular formula is C20H20F2N4O. The molecule has 3 rings (SSSR count). The molecule has 0 unspecified atom stereocenters. The predicted octanol–water partition coefficient (Wildman–Crippen LogP) is 4.47. The Hall–Kier alpha value is -3.22. The number of rotatable bonds is 7. The Morgan fingerprint density at radius 3 is 2.63 bits per heavy atom. The smallest absolute Gasteiger partial charge is 0.224 e. The van der Waals surface area contributed by atoms with E-state index in [4.69, 9.17) is 4.74 Å². The van der Waals surface area contributed by atoms with Crippen LogP contribution in [0.1, 0.15) is 11.3 Å². The molecule has 0 radical (unpaired) electrons. The maximum absolute atomic E-state index is 13.8. The van der Waals surface area contributed by atoms with Crippen molar-refractivity contribution in [2.45, 2.75) is 13.3 Å². The normalized spacial score (nSPS) is 10.5. The fourth-order valence-electron chi connectivity index (χ4n) is 2.66. The molecule has 0 amide bonds. The average Bonchev–Trinajstić information content (AvgIpc) is 2.64. The van der Waals surface area contributed by atoms with Crippen LogP contribution in [-0.2, 0) is 6.42 Å². The van der Waals surface area contributed by atoms with Gasteiger partial charge in [0.25, 0.3) is 0 Å². The Kier molecular flexibility index (Phi) is 5.80. The highest BCUT2D eigenvalue weighted by Crippen LogP contribution is 2.21. The zero-order chi connectivity index (χ0) is 19.2. The SMILES string of the molecule is COc1ccccc1CCNc1nc(C)cc(Nc2ccc(F)cc2F)n1. The number of aromatic nitrogens is 2. The first-order chi connectivity index (χ1) is 13.0. The molecule has 27 heavy (non-hydrogen) atoms. The highest BCUT2D eigenvalue weighted by molar-refractivity contribution is 5.58. The van der Waals surface area contributed by atoms with E-state index < -0.39 is 11.6 Å². The molecule has 0 atom stereocenters. The van der Waals surface area contributed by atoms with Gasteiger partial charge >= 0.3 is 0 Å². The lowest BCUT2D eigenvalue weighted by atomic mass is 10.1. The molecular weight excluding hydrogens is 350 g/mol. The number of hydrogen-bond donors (Lipinski definition) is 2. The average molecular weight is 370 g/mol. The molecule has 0 fully saturated rings. The summed E-state index contributed by atoms with van der Waals surface area (Å²) in [6.45, 7) is 2.42. The second kappa shape index (κ2) is 8.44. The lowest BCUT2D eigenvalue weighted by molar-refractivity contribution is 0.410. The first-order valence-corrected chi connectivity index (χ1v) is 8.48. The first kappa shape index (κ1) is 18.6. The summed E-state index contributed by atoms with van der Waals surface area (Å²) in [6, 6.07) is 12.8. The van der Waals surface area contributed by atoms with E-state index in [1.54, 1.807) is 13.2 Å². The number of aryl methyl sites for hydroxylation is 1. The summed E-state index contributed by atoms with van der Waals surface area (Å²) in [5.74, 6) is 0.369. The third-order valence-corrected chi connectivity index (χ3v) is 3.92. The second-order valence-electron chi connectivity index (χ2n) is 5.96. The largest absolute Gasteiger partial charge is 0.496 e. The molecule has 2 aromatic carbocycles. The van der Waals surface area contributed by atoms with Gasteiger partial charge in [-0.15, -0.1) is 0 Å². The number of nitrogens with zero attached hydrogens (tertiary/aromatic N) is 2. The minimum atomic E-state index is -0.683. The van der Waals surface area contributed by atoms with Crippen molar-refractivity contribution in [2.24, 2.45) is 0 Å². The zero-order valence-corrected chi connectivity index (χ0v) is 15.1. The van der Waals surface area contributed by atoms with Crippen LogP contribution in [0.25, 0.3) is 0 Å². The van der Waals surface area contributed by atoms with Crippen molar-refractivity contribution in [1.82, 2.24) is 9.97 Å². The molecule has 0 bridgehead atoms. The number of hydrogen-bond acceptors (Lipinski definition) is 5. The van der Waals surface area contributed by atoms with Crippen LogP contribution < -0.4 is 15.4 Å². The van der Waals surface area contributed by atoms with Gasteiger partial charge in [0.05, 0.1) is 12.8 Å². The molecule has 3 aromatic rings. The Morgan fingerprint density at radius 1 is 1.04 bits per heavy atom. The van der Waals surface area contributed by atoms with Crippen LogP contribution >= 0.6 is 0 Å². The first-order valence-electron chi connectivity index (χ1n) is 8.48. The van der Waals surface area contributed by atoms with Gasteiger partial charge in [0.2, 0.25) is 5.95 Å². The van der Waals surface area contributed by atoms with Gasteiger partial charge in [0, 0.05) is 24.4 Å². The predicted molar refractivity (Wildman–Crippen MR) is 102 cm³/mol. The van der Waals surface area contributed by atoms with E-state index in [-0.39, 0.29) is 5.69 Å². The van der Waals surface area contributed by atoms with Crippen LogP contribution in [-0.4, -0.2) is 23.6 Å². The van der Waals surface area contributed by atoms with Crippen molar-refractivity contribution in [3.63, 3.8) is 0 Å². The van der Waals surface area contributed by atoms with E-state index in [0.717, 1.165) is 29.5 Å². The summed E-state index contributed by atoms with van der Waals surface area (Å²) in [6.07, 6.45) is 0.733. The summed E-state index contributed by atoms with van der Waals surface area (Å²) in [5, 5.41) is 6.02. The van der Waals surface area contributed by atoms with Gasteiger partial charge in [-0.2, -0.15) is 4.98 Å². The molecule has 0 aliphatic rings. The maximum Gasteiger partial charge on any atom is 0.224 e. The van der Waals surface area contributed by atoms with Crippen LogP contribution in [0.5, 0.6) is 5.75 Å². The zero-order valence-electron chi connectivity index (χ0n) is 15.1. The topological polar surface area (TPSA) is 59.1 Å². The Morgan fingerprint density at radius 2 is 1.85 bits per heavy atom. The quantitative estimate of drug-likeness (QED) is 0.643. The van der Waals surface area contributed by atoms with Crippen LogP contribution in [0, 0.1) is 18.6 Å². The number of anilines is 3. The summed E-state index contributed by atoms with van der Waals surface area (Å²) in [4.78, 5) is 8.68. The van der Waals surface area contributed by atoms with Crippen molar-refractivity contribution in [3.8, 4) is 5.75 Å². The number of para-hydroxylation sites is 1. The van der Waals surface area contributed by atoms with Crippen molar-refractivity contribution in [2.75, 3.05) is 24.3 Å². The molecule has 2 N–H and O–H groups in total. The van der Waals surface area contributed by atoms with E-state index >= 15 is 0 Å². The van der Waals surface area contributed by atoms with Gasteiger partial charge in [-0.25, -0.2) is 13.8 Å². The van der Waals surface area contributed by atoms with Crippen LogP contribution in [0.3, 0.4) is 0 Å². The Balaban J connectivity index is 1.68. The molecule has 0 aliphatic heterocycles. The highest BCUT2D eigenvalue weighted by atomic mass is 19.1. The van der Waals surface area contributed by atoms with Crippen molar-refractivity contribution >= 4 is 17.5 Å². The highest BCUT2D eigenvalue weighted by Gasteiger charge is 2.08. The molecule has 7 heteroatoms. The number of ether oxygens (including phenoxy) is 1. The van der Waals surface area contributed by atoms with Crippen LogP contribution in [0.4, 0.5) is 26.2 Å². The molecule has 0 saturated carbocycles. The van der Waals surface area contributed by atoms with Crippen molar-refractivity contribution in [1.29, 1.82) is 0 Å². The van der Waals surface area contributed by atoms with E-state index in [2.05, 4.69) is 20.6 Å². The lowest BCUT2D eigenvalue weighted by Gasteiger charge is -2.11. The monoisotopic (exact) mass is 370 g/mol. The molecule has 0 saturated heterocycles. The molecule has 140 valence electrons. The summed E-state index contributed by atoms with van der Waals surface area (Å²) in [7, 11) is 1.64. The van der Waals surface area contributed by atoms with E-state index in [0.29, 0.717) is 18.3 Å². The van der Waals surface area contributed by atoms with Crippen LogP contribution in [0.15, 0.2) is 48.5 Å². The summed E-state index contributed by atoms with van der Waals surface area (Å²) < 4.78 is 32.2. The maximum atomic E-state index is 13.8. The van der Waals surface area contributed by atoms with E-state index in [9.17, 15) is 8.78 Å². The molecule has 0 aliphatic carbocycles. The van der Waals surface area contributed by atoms with E-state index in [1.165, 1.54) is 12.1 Å². The van der Waals surface area contributed by atoms with Gasteiger partial charge in [0.15, 0.2) is 0 Å². The van der Waals surface area contributed by atoms with Gasteiger partial charge in [-0.3, -0.25) is 0 Å². The fourth-order valence-corrected chi connectivity index (χ4v) is 2.66. The van der Waals surface area contributed by atoms with Gasteiger partial charge in [-0.1, -0.05) is 18.2 Å². The van der Waals surface area contributed by atoms with Crippen LogP contribution in [0.2, 0.25) is 0 Å². The third kappa shape index (κ3) is 4.91. The number of benzene rings is 2. The number of methoxy groups -OCH3 is 1. The summed E-state index contributed by atoms with van der Waals surface area (Å²) >= 11 is 0. The van der Waals surface area contributed by atoms with Gasteiger partial charge in [-0.05, 0) is 37.1 Å². The Bertz CT molecular complexity index is 934. The third-order valence-electron chi connectivity index (χ3n) is 3.92. The molecule has 1 aromatic heterocycles. The Labute approximate surface area is 156 Å². The van der Waals surface area contributed by atoms with Gasteiger partial charge in [0.1, 0.15) is 23.2 Å². The van der Waals surface area contributed by atoms with Crippen molar-refractivity contribution < 1.29 is 13.5 Å². The number of halogens is 2. The minimum absolute atomic E-state index is 0.148.